The molecule has 1 fully saturated rings. The first-order valence-corrected chi connectivity index (χ1v) is 7.44. The number of nitrogens with two attached hydrogens (primary N) is 1. The average molecular weight is 317 g/mol. The van der Waals surface area contributed by atoms with Gasteiger partial charge in [-0.3, -0.25) is 4.98 Å². The number of morpholine rings is 1. The highest BCUT2D eigenvalue weighted by Gasteiger charge is 2.14. The molecule has 8 heteroatoms. The summed E-state index contributed by atoms with van der Waals surface area (Å²) >= 11 is 0. The Labute approximate surface area is 134 Å². The molecule has 0 saturated carbocycles. The molecule has 1 aliphatic heterocycles. The first kappa shape index (κ1) is 15.3. The van der Waals surface area contributed by atoms with Gasteiger partial charge in [-0.2, -0.15) is 9.97 Å². The Morgan fingerprint density at radius 3 is 2.78 bits per heavy atom. The minimum Gasteiger partial charge on any atom is -0.488 e. The zero-order valence-electron chi connectivity index (χ0n) is 12.7. The number of anilines is 2. The second kappa shape index (κ2) is 7.59. The summed E-state index contributed by atoms with van der Waals surface area (Å²) in [4.78, 5) is 14.6. The molecule has 0 amide bonds. The van der Waals surface area contributed by atoms with Crippen molar-refractivity contribution in [1.82, 2.24) is 15.0 Å². The Balaban J connectivity index is 1.54. The zero-order chi connectivity index (χ0) is 15.9. The highest BCUT2D eigenvalue weighted by Crippen LogP contribution is 2.18. The van der Waals surface area contributed by atoms with Crippen LogP contribution in [-0.4, -0.2) is 54.5 Å². The molecule has 0 atom stereocenters. The van der Waals surface area contributed by atoms with Crippen molar-refractivity contribution < 1.29 is 14.2 Å². The van der Waals surface area contributed by atoms with Crippen LogP contribution in [0.25, 0.3) is 0 Å². The molecule has 1 saturated heterocycles. The molecule has 23 heavy (non-hydrogen) atoms. The molecule has 0 unspecified atom stereocenters. The fraction of sp³-hybridized carbons (Fsp3) is 0.400. The van der Waals surface area contributed by atoms with Gasteiger partial charge in [0, 0.05) is 25.4 Å². The van der Waals surface area contributed by atoms with Crippen LogP contribution < -0.4 is 20.1 Å². The SMILES string of the molecule is Nc1cc(N2CCOCC2)nc(OCCOc2cccnc2)n1. The fourth-order valence-electron chi connectivity index (χ4n) is 2.17. The highest BCUT2D eigenvalue weighted by molar-refractivity contribution is 5.48. The van der Waals surface area contributed by atoms with E-state index in [0.29, 0.717) is 38.0 Å². The number of aromatic nitrogens is 3. The van der Waals surface area contributed by atoms with E-state index >= 15 is 0 Å². The number of hydrogen-bond donors (Lipinski definition) is 1. The van der Waals surface area contributed by atoms with Crippen molar-refractivity contribution >= 4 is 11.6 Å². The largest absolute Gasteiger partial charge is 0.488 e. The molecule has 0 spiro atoms. The van der Waals surface area contributed by atoms with E-state index in [9.17, 15) is 0 Å². The molecule has 0 aliphatic carbocycles. The zero-order valence-corrected chi connectivity index (χ0v) is 12.7. The lowest BCUT2D eigenvalue weighted by Crippen LogP contribution is -2.36. The standard InChI is InChI=1S/C15H19N5O3/c16-13-10-14(20-4-6-21-7-5-20)19-15(18-13)23-9-8-22-12-2-1-3-17-11-12/h1-3,10-11H,4-9H2,(H2,16,18,19). The first-order chi connectivity index (χ1) is 11.3. The van der Waals surface area contributed by atoms with E-state index in [1.807, 2.05) is 12.1 Å². The van der Waals surface area contributed by atoms with Gasteiger partial charge < -0.3 is 24.8 Å². The van der Waals surface area contributed by atoms with E-state index < -0.39 is 0 Å². The van der Waals surface area contributed by atoms with Crippen LogP contribution in [0.2, 0.25) is 0 Å². The Kier molecular flexibility index (Phi) is 5.05. The Morgan fingerprint density at radius 2 is 2.00 bits per heavy atom. The minimum absolute atomic E-state index is 0.251. The highest BCUT2D eigenvalue weighted by atomic mass is 16.5. The lowest BCUT2D eigenvalue weighted by Gasteiger charge is -2.27. The second-order valence-electron chi connectivity index (χ2n) is 4.92. The molecule has 3 rings (SSSR count). The van der Waals surface area contributed by atoms with Crippen LogP contribution in [-0.2, 0) is 4.74 Å². The number of pyridine rings is 1. The molecule has 0 radical (unpaired) electrons. The van der Waals surface area contributed by atoms with Crippen LogP contribution >= 0.6 is 0 Å². The summed E-state index contributed by atoms with van der Waals surface area (Å²) in [6.45, 7) is 3.61. The summed E-state index contributed by atoms with van der Waals surface area (Å²) in [6.07, 6.45) is 3.34. The van der Waals surface area contributed by atoms with E-state index in [-0.39, 0.29) is 6.01 Å². The van der Waals surface area contributed by atoms with Gasteiger partial charge in [0.25, 0.3) is 0 Å². The lowest BCUT2D eigenvalue weighted by atomic mass is 10.4. The third-order valence-corrected chi connectivity index (χ3v) is 3.26. The molecule has 2 N–H and O–H groups in total. The average Bonchev–Trinajstić information content (AvgIpc) is 2.60. The van der Waals surface area contributed by atoms with Gasteiger partial charge >= 0.3 is 6.01 Å². The van der Waals surface area contributed by atoms with Crippen LogP contribution in [0.15, 0.2) is 30.6 Å². The van der Waals surface area contributed by atoms with Gasteiger partial charge in [-0.25, -0.2) is 0 Å². The molecular weight excluding hydrogens is 298 g/mol. The Bertz CT molecular complexity index is 620. The Morgan fingerprint density at radius 1 is 1.17 bits per heavy atom. The van der Waals surface area contributed by atoms with Gasteiger partial charge in [0.2, 0.25) is 0 Å². The number of ether oxygens (including phenoxy) is 3. The number of nitrogens with zero attached hydrogens (tertiary/aromatic N) is 4. The molecule has 8 nitrogen and oxygen atoms in total. The second-order valence-corrected chi connectivity index (χ2v) is 4.92. The molecule has 0 bridgehead atoms. The number of nitrogen functional groups attached to an aromatic ring is 1. The van der Waals surface area contributed by atoms with E-state index in [4.69, 9.17) is 19.9 Å². The van der Waals surface area contributed by atoms with E-state index in [1.165, 1.54) is 0 Å². The molecule has 2 aromatic rings. The van der Waals surface area contributed by atoms with Gasteiger partial charge in [0.1, 0.15) is 30.6 Å². The van der Waals surface area contributed by atoms with Gasteiger partial charge in [0.05, 0.1) is 19.4 Å². The summed E-state index contributed by atoms with van der Waals surface area (Å²) in [6, 6.07) is 5.64. The monoisotopic (exact) mass is 317 g/mol. The molecule has 3 heterocycles. The third kappa shape index (κ3) is 4.43. The van der Waals surface area contributed by atoms with Crippen molar-refractivity contribution in [1.29, 1.82) is 0 Å². The fourth-order valence-corrected chi connectivity index (χ4v) is 2.17. The summed E-state index contributed by atoms with van der Waals surface area (Å²) in [7, 11) is 0. The lowest BCUT2D eigenvalue weighted by molar-refractivity contribution is 0.122. The van der Waals surface area contributed by atoms with E-state index in [1.54, 1.807) is 18.5 Å². The summed E-state index contributed by atoms with van der Waals surface area (Å²) in [5.41, 5.74) is 5.83. The van der Waals surface area contributed by atoms with Gasteiger partial charge in [-0.1, -0.05) is 0 Å². The van der Waals surface area contributed by atoms with Crippen molar-refractivity contribution in [2.45, 2.75) is 0 Å². The molecule has 122 valence electrons. The van der Waals surface area contributed by atoms with Gasteiger partial charge in [0.15, 0.2) is 0 Å². The molecule has 0 aromatic carbocycles. The van der Waals surface area contributed by atoms with Crippen LogP contribution in [0.1, 0.15) is 0 Å². The smallest absolute Gasteiger partial charge is 0.320 e. The first-order valence-electron chi connectivity index (χ1n) is 7.44. The normalized spacial score (nSPS) is 14.5. The van der Waals surface area contributed by atoms with Crippen molar-refractivity contribution in [2.75, 3.05) is 50.2 Å². The van der Waals surface area contributed by atoms with Crippen molar-refractivity contribution in [3.63, 3.8) is 0 Å². The summed E-state index contributed by atoms with van der Waals surface area (Å²) in [5, 5.41) is 0. The topological polar surface area (TPSA) is 95.6 Å². The Hall–Kier alpha value is -2.61. The minimum atomic E-state index is 0.251. The summed E-state index contributed by atoms with van der Waals surface area (Å²) in [5.74, 6) is 1.83. The maximum Gasteiger partial charge on any atom is 0.320 e. The number of hydrogen-bond acceptors (Lipinski definition) is 8. The predicted molar refractivity (Wildman–Crippen MR) is 84.7 cm³/mol. The van der Waals surface area contributed by atoms with Crippen LogP contribution in [0, 0.1) is 0 Å². The molecular formula is C15H19N5O3. The summed E-state index contributed by atoms with van der Waals surface area (Å²) < 4.78 is 16.4. The van der Waals surface area contributed by atoms with Crippen molar-refractivity contribution in [3.05, 3.63) is 30.6 Å². The van der Waals surface area contributed by atoms with Crippen molar-refractivity contribution in [3.8, 4) is 11.8 Å². The maximum atomic E-state index is 5.83. The van der Waals surface area contributed by atoms with Gasteiger partial charge in [-0.15, -0.1) is 0 Å². The van der Waals surface area contributed by atoms with Gasteiger partial charge in [-0.05, 0) is 12.1 Å². The maximum absolute atomic E-state index is 5.83. The molecule has 2 aromatic heterocycles. The third-order valence-electron chi connectivity index (χ3n) is 3.26. The molecule has 1 aliphatic rings. The van der Waals surface area contributed by atoms with Crippen LogP contribution in [0.4, 0.5) is 11.6 Å². The quantitative estimate of drug-likeness (QED) is 0.780. The van der Waals surface area contributed by atoms with Crippen LogP contribution in [0.5, 0.6) is 11.8 Å². The van der Waals surface area contributed by atoms with E-state index in [2.05, 4.69) is 19.9 Å². The number of rotatable bonds is 6. The van der Waals surface area contributed by atoms with Crippen LogP contribution in [0.3, 0.4) is 0 Å². The van der Waals surface area contributed by atoms with Crippen molar-refractivity contribution in [2.24, 2.45) is 0 Å². The van der Waals surface area contributed by atoms with E-state index in [0.717, 1.165) is 18.9 Å². The predicted octanol–water partition coefficient (Wildman–Crippen LogP) is 0.748.